The highest BCUT2D eigenvalue weighted by atomic mass is 79.9. The second-order valence-corrected chi connectivity index (χ2v) is 7.46. The molecule has 24 heavy (non-hydrogen) atoms. The molecule has 0 spiro atoms. The van der Waals surface area contributed by atoms with Crippen LogP contribution < -0.4 is 4.74 Å². The summed E-state index contributed by atoms with van der Waals surface area (Å²) in [7, 11) is 0. The van der Waals surface area contributed by atoms with Crippen LogP contribution in [0.4, 0.5) is 0 Å². The highest BCUT2D eigenvalue weighted by Crippen LogP contribution is 2.38. The van der Waals surface area contributed by atoms with Crippen molar-refractivity contribution in [3.8, 4) is 5.75 Å². The van der Waals surface area contributed by atoms with Crippen LogP contribution in [0.2, 0.25) is 0 Å². The molecule has 2 aliphatic rings. The average molecular weight is 384 g/mol. The Bertz CT molecular complexity index is 762. The molecule has 2 nitrogen and oxygen atoms in total. The van der Waals surface area contributed by atoms with E-state index in [4.69, 9.17) is 4.74 Å². The number of ether oxygens (including phenoxy) is 1. The Labute approximate surface area is 152 Å². The van der Waals surface area contributed by atoms with Gasteiger partial charge < -0.3 is 9.64 Å². The van der Waals surface area contributed by atoms with Crippen LogP contribution in [0.15, 0.2) is 53.0 Å². The molecule has 2 aromatic carbocycles. The van der Waals surface area contributed by atoms with E-state index in [9.17, 15) is 0 Å². The normalized spacial score (nSPS) is 18.8. The van der Waals surface area contributed by atoms with Gasteiger partial charge in [0.1, 0.15) is 12.4 Å². The van der Waals surface area contributed by atoms with Crippen molar-refractivity contribution in [2.75, 3.05) is 19.6 Å². The molecule has 2 heterocycles. The first kappa shape index (κ1) is 15.9. The van der Waals surface area contributed by atoms with E-state index in [-0.39, 0.29) is 0 Å². The fourth-order valence-corrected chi connectivity index (χ4v) is 4.03. The molecule has 0 atom stereocenters. The monoisotopic (exact) mass is 383 g/mol. The number of nitrogens with zero attached hydrogens (tertiary/aromatic N) is 1. The van der Waals surface area contributed by atoms with Crippen molar-refractivity contribution >= 4 is 21.5 Å². The smallest absolute Gasteiger partial charge is 0.127 e. The second kappa shape index (κ2) is 7.12. The molecule has 1 fully saturated rings. The van der Waals surface area contributed by atoms with E-state index in [2.05, 4.69) is 69.4 Å². The number of halogens is 1. The van der Waals surface area contributed by atoms with E-state index in [1.807, 2.05) is 0 Å². The van der Waals surface area contributed by atoms with Crippen molar-refractivity contribution in [1.29, 1.82) is 0 Å². The zero-order valence-corrected chi connectivity index (χ0v) is 15.4. The molecule has 4 rings (SSSR count). The minimum atomic E-state index is 0.633. The largest absolute Gasteiger partial charge is 0.488 e. The molecule has 0 aromatic heterocycles. The third kappa shape index (κ3) is 3.28. The van der Waals surface area contributed by atoms with Crippen molar-refractivity contribution in [2.24, 2.45) is 0 Å². The third-order valence-electron chi connectivity index (χ3n) is 4.91. The molecule has 1 saturated heterocycles. The molecule has 3 heteroatoms. The number of hydrogen-bond donors (Lipinski definition) is 0. The lowest BCUT2D eigenvalue weighted by Crippen LogP contribution is -2.19. The Hall–Kier alpha value is -1.58. The van der Waals surface area contributed by atoms with E-state index in [0.717, 1.165) is 23.2 Å². The van der Waals surface area contributed by atoms with Crippen LogP contribution in [0.3, 0.4) is 0 Å². The highest BCUT2D eigenvalue weighted by molar-refractivity contribution is 9.10. The van der Waals surface area contributed by atoms with Crippen molar-refractivity contribution < 1.29 is 4.74 Å². The number of fused-ring (bicyclic) bond motifs is 2. The lowest BCUT2D eigenvalue weighted by Gasteiger charge is -2.14. The van der Waals surface area contributed by atoms with E-state index in [1.54, 1.807) is 0 Å². The molecule has 2 aromatic rings. The van der Waals surface area contributed by atoms with Crippen LogP contribution in [0.25, 0.3) is 5.57 Å². The van der Waals surface area contributed by atoms with Crippen LogP contribution in [0.1, 0.15) is 36.0 Å². The minimum absolute atomic E-state index is 0.633. The Morgan fingerprint density at radius 3 is 2.75 bits per heavy atom. The molecule has 0 bridgehead atoms. The number of rotatable bonds is 3. The molecular weight excluding hydrogens is 362 g/mol. The molecule has 0 N–H and O–H groups in total. The molecule has 0 aliphatic carbocycles. The third-order valence-corrected chi connectivity index (χ3v) is 5.41. The van der Waals surface area contributed by atoms with Crippen molar-refractivity contribution in [2.45, 2.75) is 25.9 Å². The highest BCUT2D eigenvalue weighted by Gasteiger charge is 2.19. The van der Waals surface area contributed by atoms with Crippen LogP contribution in [0.5, 0.6) is 5.75 Å². The van der Waals surface area contributed by atoms with Gasteiger partial charge in [0, 0.05) is 16.6 Å². The Morgan fingerprint density at radius 1 is 1.04 bits per heavy atom. The first-order valence-electron chi connectivity index (χ1n) is 8.75. The summed E-state index contributed by atoms with van der Waals surface area (Å²) in [6.45, 7) is 4.29. The SMILES string of the molecule is Brc1ccc2c(c1)C(=CCCN1CCCC1)c1ccccc1CO2. The van der Waals surface area contributed by atoms with E-state index < -0.39 is 0 Å². The number of hydrogen-bond acceptors (Lipinski definition) is 2. The summed E-state index contributed by atoms with van der Waals surface area (Å²) >= 11 is 3.61. The second-order valence-electron chi connectivity index (χ2n) is 6.54. The van der Waals surface area contributed by atoms with Gasteiger partial charge in [-0.3, -0.25) is 0 Å². The first-order valence-corrected chi connectivity index (χ1v) is 9.54. The summed E-state index contributed by atoms with van der Waals surface area (Å²) in [5, 5.41) is 0. The summed E-state index contributed by atoms with van der Waals surface area (Å²) in [5.41, 5.74) is 5.06. The van der Waals surface area contributed by atoms with Gasteiger partial charge in [0.25, 0.3) is 0 Å². The summed E-state index contributed by atoms with van der Waals surface area (Å²) in [4.78, 5) is 2.57. The first-order chi connectivity index (χ1) is 11.8. The lowest BCUT2D eigenvalue weighted by atomic mass is 9.93. The van der Waals surface area contributed by atoms with Gasteiger partial charge in [0.2, 0.25) is 0 Å². The van der Waals surface area contributed by atoms with Crippen LogP contribution in [-0.2, 0) is 6.61 Å². The fourth-order valence-electron chi connectivity index (χ4n) is 3.67. The number of benzene rings is 2. The maximum Gasteiger partial charge on any atom is 0.127 e. The summed E-state index contributed by atoms with van der Waals surface area (Å²) in [6, 6.07) is 14.9. The van der Waals surface area contributed by atoms with Gasteiger partial charge in [-0.2, -0.15) is 0 Å². The van der Waals surface area contributed by atoms with Crippen molar-refractivity contribution in [3.05, 3.63) is 69.7 Å². The Morgan fingerprint density at radius 2 is 1.88 bits per heavy atom. The van der Waals surface area contributed by atoms with Gasteiger partial charge in [-0.1, -0.05) is 46.3 Å². The molecule has 124 valence electrons. The van der Waals surface area contributed by atoms with Gasteiger partial charge in [0.15, 0.2) is 0 Å². The average Bonchev–Trinajstić information content (AvgIpc) is 3.06. The topological polar surface area (TPSA) is 12.5 Å². The maximum atomic E-state index is 6.07. The molecule has 2 aliphatic heterocycles. The van der Waals surface area contributed by atoms with Gasteiger partial charge in [-0.05, 0) is 67.3 Å². The van der Waals surface area contributed by atoms with E-state index in [0.29, 0.717) is 6.61 Å². The van der Waals surface area contributed by atoms with E-state index >= 15 is 0 Å². The maximum absolute atomic E-state index is 6.07. The van der Waals surface area contributed by atoms with Crippen molar-refractivity contribution in [3.63, 3.8) is 0 Å². The standard InChI is InChI=1S/C21H22BrNO/c22-17-9-10-21-20(14-17)19(8-5-13-23-11-3-4-12-23)18-7-2-1-6-16(18)15-24-21/h1-2,6-10,14H,3-5,11-13,15H2. The Kier molecular flexibility index (Phi) is 4.72. The Balaban J connectivity index is 1.71. The zero-order valence-electron chi connectivity index (χ0n) is 13.8. The molecule has 0 saturated carbocycles. The molecule has 0 radical (unpaired) electrons. The molecular formula is C21H22BrNO. The van der Waals surface area contributed by atoms with E-state index in [1.165, 1.54) is 48.2 Å². The predicted octanol–water partition coefficient (Wildman–Crippen LogP) is 5.26. The predicted molar refractivity (Wildman–Crippen MR) is 102 cm³/mol. The van der Waals surface area contributed by atoms with Crippen molar-refractivity contribution in [1.82, 2.24) is 4.90 Å². The molecule has 0 amide bonds. The quantitative estimate of drug-likeness (QED) is 0.716. The number of likely N-dealkylation sites (tertiary alicyclic amines) is 1. The summed E-state index contributed by atoms with van der Waals surface area (Å²) in [6.07, 6.45) is 6.18. The van der Waals surface area contributed by atoms with Crippen LogP contribution in [0, 0.1) is 0 Å². The summed E-state index contributed by atoms with van der Waals surface area (Å²) in [5.74, 6) is 0.974. The lowest BCUT2D eigenvalue weighted by molar-refractivity contribution is 0.307. The minimum Gasteiger partial charge on any atom is -0.488 e. The van der Waals surface area contributed by atoms with Gasteiger partial charge in [-0.15, -0.1) is 0 Å². The fraction of sp³-hybridized carbons (Fsp3) is 0.333. The zero-order chi connectivity index (χ0) is 16.4. The van der Waals surface area contributed by atoms with Crippen LogP contribution >= 0.6 is 15.9 Å². The van der Waals surface area contributed by atoms with Crippen LogP contribution in [-0.4, -0.2) is 24.5 Å². The summed E-state index contributed by atoms with van der Waals surface area (Å²) < 4.78 is 7.16. The van der Waals surface area contributed by atoms with Gasteiger partial charge >= 0.3 is 0 Å². The molecule has 0 unspecified atom stereocenters. The van der Waals surface area contributed by atoms with Gasteiger partial charge in [0.05, 0.1) is 0 Å². The van der Waals surface area contributed by atoms with Gasteiger partial charge in [-0.25, -0.2) is 0 Å².